The molecular weight excluding hydrogens is 184 g/mol. The topological polar surface area (TPSA) is 63.6 Å². The molecule has 0 saturated heterocycles. The molecule has 1 rings (SSSR count). The van der Waals surface area contributed by atoms with Crippen LogP contribution in [0.1, 0.15) is 45.4 Å². The van der Waals surface area contributed by atoms with E-state index in [4.69, 9.17) is 9.90 Å². The minimum Gasteiger partial charge on any atom is -0.483 e. The largest absolute Gasteiger partial charge is 0.483 e. The van der Waals surface area contributed by atoms with E-state index in [1.54, 1.807) is 6.92 Å². The molecule has 1 aliphatic carbocycles. The first-order valence-electron chi connectivity index (χ1n) is 4.96. The van der Waals surface area contributed by atoms with Crippen LogP contribution in [0.15, 0.2) is 0 Å². The minimum absolute atomic E-state index is 0.250. The van der Waals surface area contributed by atoms with Gasteiger partial charge < -0.3 is 9.84 Å². The van der Waals surface area contributed by atoms with Gasteiger partial charge in [0.2, 0.25) is 0 Å². The Labute approximate surface area is 85.3 Å². The molecule has 0 radical (unpaired) electrons. The van der Waals surface area contributed by atoms with E-state index in [2.05, 4.69) is 4.74 Å². The Bertz CT molecular complexity index is 99.2. The molecule has 0 aromatic carbocycles. The Morgan fingerprint density at radius 1 is 1.07 bits per heavy atom. The van der Waals surface area contributed by atoms with Gasteiger partial charge in [-0.1, -0.05) is 38.5 Å². The monoisotopic (exact) mass is 204 g/mol. The van der Waals surface area contributed by atoms with E-state index in [1.165, 1.54) is 38.5 Å². The lowest BCUT2D eigenvalue weighted by Gasteiger charge is -2.05. The van der Waals surface area contributed by atoms with E-state index < -0.39 is 0 Å². The van der Waals surface area contributed by atoms with E-state index in [0.717, 1.165) is 0 Å². The lowest BCUT2D eigenvalue weighted by atomic mass is 10.0. The Morgan fingerprint density at radius 2 is 1.36 bits per heavy atom. The van der Waals surface area contributed by atoms with Crippen molar-refractivity contribution in [3.8, 4) is 0 Å². The number of hydrogen-bond acceptors (Lipinski definition) is 3. The second-order valence-corrected chi connectivity index (χ2v) is 2.78. The third-order valence-corrected chi connectivity index (χ3v) is 1.73. The molecule has 1 saturated carbocycles. The highest BCUT2D eigenvalue weighted by molar-refractivity contribution is 5.36. The molecule has 4 heteroatoms. The molecule has 1 fully saturated rings. The van der Waals surface area contributed by atoms with Crippen molar-refractivity contribution < 1.29 is 19.4 Å². The van der Waals surface area contributed by atoms with Gasteiger partial charge in [-0.05, 0) is 6.92 Å². The second-order valence-electron chi connectivity index (χ2n) is 2.78. The van der Waals surface area contributed by atoms with Gasteiger partial charge in [0.05, 0.1) is 6.61 Å². The standard InChI is InChI=1S/C6H12.C3H6O2.CH2O2/c1-2-4-6-5-3-1;1-2-5-3-4;2-1-3/h1-6H2;3H,2H2,1H3;1H,(H,2,3). The van der Waals surface area contributed by atoms with Gasteiger partial charge in [-0.15, -0.1) is 0 Å². The van der Waals surface area contributed by atoms with Crippen molar-refractivity contribution in [3.05, 3.63) is 0 Å². The van der Waals surface area contributed by atoms with Gasteiger partial charge in [0, 0.05) is 0 Å². The van der Waals surface area contributed by atoms with Crippen molar-refractivity contribution in [1.29, 1.82) is 0 Å². The molecule has 0 spiro atoms. The summed E-state index contributed by atoms with van der Waals surface area (Å²) in [6, 6.07) is 0. The van der Waals surface area contributed by atoms with Crippen LogP contribution in [0.25, 0.3) is 0 Å². The summed E-state index contributed by atoms with van der Waals surface area (Å²) in [5.41, 5.74) is 0. The highest BCUT2D eigenvalue weighted by Crippen LogP contribution is 2.15. The summed E-state index contributed by atoms with van der Waals surface area (Å²) in [6.07, 6.45) is 9.00. The maximum Gasteiger partial charge on any atom is 0.293 e. The van der Waals surface area contributed by atoms with Crippen LogP contribution in [0.3, 0.4) is 0 Å². The lowest BCUT2D eigenvalue weighted by molar-refractivity contribution is -0.128. The molecule has 0 aromatic rings. The number of hydrogen-bond donors (Lipinski definition) is 1. The molecule has 0 amide bonds. The molecule has 0 aromatic heterocycles. The van der Waals surface area contributed by atoms with Crippen LogP contribution in [-0.2, 0) is 14.3 Å². The van der Waals surface area contributed by atoms with Gasteiger partial charge in [0.15, 0.2) is 0 Å². The minimum atomic E-state index is -0.250. The molecule has 14 heavy (non-hydrogen) atoms. The molecule has 1 aliphatic rings. The normalized spacial score (nSPS) is 13.5. The zero-order valence-electron chi connectivity index (χ0n) is 8.78. The predicted molar refractivity (Wildman–Crippen MR) is 54.1 cm³/mol. The summed E-state index contributed by atoms with van der Waals surface area (Å²) in [5.74, 6) is 0. The van der Waals surface area contributed by atoms with Crippen LogP contribution in [0, 0.1) is 0 Å². The van der Waals surface area contributed by atoms with Crippen molar-refractivity contribution in [3.63, 3.8) is 0 Å². The first kappa shape index (κ1) is 15.4. The first-order valence-corrected chi connectivity index (χ1v) is 4.96. The molecular formula is C10H20O4. The van der Waals surface area contributed by atoms with E-state index in [0.29, 0.717) is 13.1 Å². The maximum absolute atomic E-state index is 9.18. The van der Waals surface area contributed by atoms with E-state index in [1.807, 2.05) is 0 Å². The maximum atomic E-state index is 9.18. The first-order chi connectivity index (χ1) is 6.83. The Hall–Kier alpha value is -1.06. The number of carbonyl (C=O) groups is 2. The SMILES string of the molecule is C1CCCCC1.CCOC=O.O=CO. The van der Waals surface area contributed by atoms with Gasteiger partial charge in [0.1, 0.15) is 0 Å². The molecule has 1 N–H and O–H groups in total. The van der Waals surface area contributed by atoms with Gasteiger partial charge >= 0.3 is 0 Å². The Morgan fingerprint density at radius 3 is 1.43 bits per heavy atom. The molecule has 0 heterocycles. The molecule has 4 nitrogen and oxygen atoms in total. The molecule has 0 aliphatic heterocycles. The summed E-state index contributed by atoms with van der Waals surface area (Å²) in [4.78, 5) is 17.5. The third kappa shape index (κ3) is 22.4. The van der Waals surface area contributed by atoms with Crippen LogP contribution in [0.5, 0.6) is 0 Å². The van der Waals surface area contributed by atoms with Crippen LogP contribution < -0.4 is 0 Å². The van der Waals surface area contributed by atoms with E-state index in [-0.39, 0.29) is 6.47 Å². The van der Waals surface area contributed by atoms with Crippen molar-refractivity contribution in [2.75, 3.05) is 6.61 Å². The van der Waals surface area contributed by atoms with Gasteiger partial charge in [-0.3, -0.25) is 9.59 Å². The van der Waals surface area contributed by atoms with Crippen molar-refractivity contribution >= 4 is 12.9 Å². The zero-order valence-corrected chi connectivity index (χ0v) is 8.78. The van der Waals surface area contributed by atoms with Gasteiger partial charge in [-0.2, -0.15) is 0 Å². The van der Waals surface area contributed by atoms with Crippen LogP contribution in [0.2, 0.25) is 0 Å². The fourth-order valence-corrected chi connectivity index (χ4v) is 1.13. The van der Waals surface area contributed by atoms with Crippen molar-refractivity contribution in [2.45, 2.75) is 45.4 Å². The fourth-order valence-electron chi connectivity index (χ4n) is 1.13. The summed E-state index contributed by atoms with van der Waals surface area (Å²) in [7, 11) is 0. The third-order valence-electron chi connectivity index (χ3n) is 1.73. The molecule has 0 unspecified atom stereocenters. The summed E-state index contributed by atoms with van der Waals surface area (Å²) >= 11 is 0. The average Bonchev–Trinajstić information content (AvgIpc) is 2.24. The number of ether oxygens (including phenoxy) is 1. The van der Waals surface area contributed by atoms with Gasteiger partial charge in [-0.25, -0.2) is 0 Å². The molecule has 0 bridgehead atoms. The summed E-state index contributed by atoms with van der Waals surface area (Å²) < 4.78 is 4.15. The number of carbonyl (C=O) groups excluding carboxylic acids is 1. The Balaban J connectivity index is 0. The zero-order chi connectivity index (χ0) is 11.1. The smallest absolute Gasteiger partial charge is 0.293 e. The van der Waals surface area contributed by atoms with Crippen molar-refractivity contribution in [1.82, 2.24) is 0 Å². The quantitative estimate of drug-likeness (QED) is 0.700. The number of rotatable bonds is 2. The predicted octanol–water partition coefficient (Wildman–Crippen LogP) is 2.22. The van der Waals surface area contributed by atoms with Gasteiger partial charge in [0.25, 0.3) is 12.9 Å². The summed E-state index contributed by atoms with van der Waals surface area (Å²) in [6.45, 7) is 2.41. The average molecular weight is 204 g/mol. The van der Waals surface area contributed by atoms with Crippen LogP contribution in [0.4, 0.5) is 0 Å². The lowest BCUT2D eigenvalue weighted by Crippen LogP contribution is -1.85. The second kappa shape index (κ2) is 17.9. The molecule has 84 valence electrons. The van der Waals surface area contributed by atoms with Crippen LogP contribution in [-0.4, -0.2) is 24.7 Å². The van der Waals surface area contributed by atoms with Crippen molar-refractivity contribution in [2.24, 2.45) is 0 Å². The highest BCUT2D eigenvalue weighted by atomic mass is 16.5. The molecule has 0 atom stereocenters. The number of carboxylic acid groups (broad SMARTS) is 1. The highest BCUT2D eigenvalue weighted by Gasteiger charge is 1.95. The van der Waals surface area contributed by atoms with E-state index in [9.17, 15) is 4.79 Å². The van der Waals surface area contributed by atoms with E-state index >= 15 is 0 Å². The van der Waals surface area contributed by atoms with Crippen LogP contribution >= 0.6 is 0 Å². The Kier molecular flexibility index (Phi) is 19.7. The fraction of sp³-hybridized carbons (Fsp3) is 0.800. The summed E-state index contributed by atoms with van der Waals surface area (Å²) in [5, 5.41) is 6.89.